The van der Waals surface area contributed by atoms with Crippen LogP contribution in [0.1, 0.15) is 43.4 Å². The first-order valence-electron chi connectivity index (χ1n) is 6.97. The molecule has 2 N–H and O–H groups in total. The number of H-pyrrole nitrogens is 1. The second-order valence-corrected chi connectivity index (χ2v) is 6.04. The van der Waals surface area contributed by atoms with Crippen LogP contribution in [0.5, 0.6) is 0 Å². The van der Waals surface area contributed by atoms with Gasteiger partial charge in [-0.25, -0.2) is 4.39 Å². The lowest BCUT2D eigenvalue weighted by molar-refractivity contribution is -0.116. The van der Waals surface area contributed by atoms with Crippen molar-refractivity contribution in [3.63, 3.8) is 0 Å². The molecule has 0 saturated heterocycles. The lowest BCUT2D eigenvalue weighted by Gasteiger charge is -2.24. The predicted molar refractivity (Wildman–Crippen MR) is 81.9 cm³/mol. The number of rotatable bonds is 2. The van der Waals surface area contributed by atoms with E-state index in [1.54, 1.807) is 4.68 Å². The van der Waals surface area contributed by atoms with Crippen LogP contribution < -0.4 is 10.9 Å². The van der Waals surface area contributed by atoms with Gasteiger partial charge in [-0.1, -0.05) is 17.7 Å². The summed E-state index contributed by atoms with van der Waals surface area (Å²) in [5.41, 5.74) is 0.766. The molecule has 7 heteroatoms. The summed E-state index contributed by atoms with van der Waals surface area (Å²) in [6.45, 7) is 3.80. The Balaban J connectivity index is 2.20. The van der Waals surface area contributed by atoms with Gasteiger partial charge in [0.25, 0.3) is 5.56 Å². The normalized spacial score (nSPS) is 17.5. The van der Waals surface area contributed by atoms with Crippen molar-refractivity contribution in [2.45, 2.75) is 32.2 Å². The molecule has 0 radical (unpaired) electrons. The Bertz CT molecular complexity index is 810. The maximum atomic E-state index is 13.2. The lowest BCUT2D eigenvalue weighted by Crippen LogP contribution is -2.27. The minimum absolute atomic E-state index is 0.0146. The first-order chi connectivity index (χ1) is 10.4. The van der Waals surface area contributed by atoms with Gasteiger partial charge in [0.1, 0.15) is 11.6 Å². The zero-order valence-corrected chi connectivity index (χ0v) is 12.9. The Morgan fingerprint density at radius 2 is 2.09 bits per heavy atom. The quantitative estimate of drug-likeness (QED) is 0.892. The fraction of sp³-hybridized carbons (Fsp3) is 0.333. The highest BCUT2D eigenvalue weighted by Crippen LogP contribution is 2.38. The van der Waals surface area contributed by atoms with E-state index in [1.807, 2.05) is 13.8 Å². The third-order valence-corrected chi connectivity index (χ3v) is 4.14. The summed E-state index contributed by atoms with van der Waals surface area (Å²) in [5.74, 6) is -0.684. The number of aromatic nitrogens is 2. The zero-order valence-electron chi connectivity index (χ0n) is 12.1. The number of carbonyl (C=O) groups is 1. The number of amides is 1. The van der Waals surface area contributed by atoms with E-state index in [1.165, 1.54) is 18.2 Å². The smallest absolute Gasteiger partial charge is 0.270 e. The maximum absolute atomic E-state index is 13.2. The SMILES string of the molecule is CC(C)n1[nH]c(=O)c2c1NC(=O)C[C@H]2c1ccc(F)cc1Cl. The molecule has 3 rings (SSSR count). The highest BCUT2D eigenvalue weighted by atomic mass is 35.5. The van der Waals surface area contributed by atoms with Gasteiger partial charge < -0.3 is 5.32 Å². The van der Waals surface area contributed by atoms with Gasteiger partial charge in [0, 0.05) is 23.4 Å². The van der Waals surface area contributed by atoms with Gasteiger partial charge in [-0.3, -0.25) is 19.4 Å². The summed E-state index contributed by atoms with van der Waals surface area (Å²) in [6, 6.07) is 3.98. The van der Waals surface area contributed by atoms with E-state index >= 15 is 0 Å². The Hall–Kier alpha value is -2.08. The molecular formula is C15H15ClFN3O2. The van der Waals surface area contributed by atoms with Gasteiger partial charge in [0.15, 0.2) is 0 Å². The van der Waals surface area contributed by atoms with Crippen molar-refractivity contribution >= 4 is 23.3 Å². The van der Waals surface area contributed by atoms with Crippen LogP contribution >= 0.6 is 11.6 Å². The van der Waals surface area contributed by atoms with Crippen LogP contribution in [0.3, 0.4) is 0 Å². The van der Waals surface area contributed by atoms with Gasteiger partial charge >= 0.3 is 0 Å². The summed E-state index contributed by atoms with van der Waals surface area (Å²) in [4.78, 5) is 24.3. The van der Waals surface area contributed by atoms with Crippen LogP contribution in [0.2, 0.25) is 5.02 Å². The van der Waals surface area contributed by atoms with Crippen molar-refractivity contribution in [3.8, 4) is 0 Å². The first-order valence-corrected chi connectivity index (χ1v) is 7.35. The molecule has 0 unspecified atom stereocenters. The number of carbonyl (C=O) groups excluding carboxylic acids is 1. The second kappa shape index (κ2) is 5.28. The number of anilines is 1. The topological polar surface area (TPSA) is 66.9 Å². The predicted octanol–water partition coefficient (Wildman–Crippen LogP) is 3.02. The summed E-state index contributed by atoms with van der Waals surface area (Å²) >= 11 is 6.11. The van der Waals surface area contributed by atoms with Crippen LogP contribution in [-0.4, -0.2) is 15.7 Å². The monoisotopic (exact) mass is 323 g/mol. The number of hydrogen-bond acceptors (Lipinski definition) is 2. The Morgan fingerprint density at radius 1 is 1.36 bits per heavy atom. The highest BCUT2D eigenvalue weighted by Gasteiger charge is 2.34. The van der Waals surface area contributed by atoms with Crippen molar-refractivity contribution in [2.75, 3.05) is 5.32 Å². The molecule has 1 aromatic carbocycles. The summed E-state index contributed by atoms with van der Waals surface area (Å²) in [6.07, 6.45) is 0.101. The zero-order chi connectivity index (χ0) is 16.0. The minimum Gasteiger partial charge on any atom is -0.311 e. The van der Waals surface area contributed by atoms with Crippen LogP contribution in [0, 0.1) is 5.82 Å². The lowest BCUT2D eigenvalue weighted by atomic mass is 9.87. The van der Waals surface area contributed by atoms with Gasteiger partial charge in [0.2, 0.25) is 5.91 Å². The second-order valence-electron chi connectivity index (χ2n) is 5.64. The Morgan fingerprint density at radius 3 is 2.73 bits per heavy atom. The number of nitrogens with one attached hydrogen (secondary N) is 2. The Kier molecular flexibility index (Phi) is 3.56. The molecule has 116 valence electrons. The van der Waals surface area contributed by atoms with Gasteiger partial charge in [-0.05, 0) is 31.5 Å². The molecule has 1 aliphatic heterocycles. The fourth-order valence-corrected chi connectivity index (χ4v) is 3.12. The molecule has 0 aliphatic carbocycles. The number of benzene rings is 1. The molecule has 5 nitrogen and oxygen atoms in total. The maximum Gasteiger partial charge on any atom is 0.270 e. The number of fused-ring (bicyclic) bond motifs is 1. The molecule has 0 saturated carbocycles. The molecule has 0 fully saturated rings. The van der Waals surface area contributed by atoms with Crippen molar-refractivity contribution in [1.82, 2.24) is 9.78 Å². The van der Waals surface area contributed by atoms with Crippen LogP contribution in [0.4, 0.5) is 10.2 Å². The largest absolute Gasteiger partial charge is 0.311 e. The molecule has 0 bridgehead atoms. The van der Waals surface area contributed by atoms with Crippen molar-refractivity contribution in [1.29, 1.82) is 0 Å². The van der Waals surface area contributed by atoms with E-state index in [-0.39, 0.29) is 29.0 Å². The highest BCUT2D eigenvalue weighted by molar-refractivity contribution is 6.31. The number of nitrogens with zero attached hydrogens (tertiary/aromatic N) is 1. The molecule has 1 aliphatic rings. The molecule has 2 heterocycles. The Labute approximate surface area is 131 Å². The third kappa shape index (κ3) is 2.33. The average molecular weight is 324 g/mol. The van der Waals surface area contributed by atoms with Crippen molar-refractivity contribution in [3.05, 3.63) is 50.5 Å². The number of halogens is 2. The van der Waals surface area contributed by atoms with Crippen LogP contribution in [0.15, 0.2) is 23.0 Å². The van der Waals surface area contributed by atoms with Gasteiger partial charge in [-0.15, -0.1) is 0 Å². The molecule has 1 amide bonds. The van der Waals surface area contributed by atoms with Crippen molar-refractivity contribution < 1.29 is 9.18 Å². The molecule has 1 aromatic heterocycles. The first kappa shape index (κ1) is 14.8. The van der Waals surface area contributed by atoms with E-state index in [4.69, 9.17) is 11.6 Å². The molecule has 2 aromatic rings. The van der Waals surface area contributed by atoms with Gasteiger partial charge in [-0.2, -0.15) is 0 Å². The fourth-order valence-electron chi connectivity index (χ4n) is 2.82. The average Bonchev–Trinajstić information content (AvgIpc) is 2.75. The number of aromatic amines is 1. The van der Waals surface area contributed by atoms with E-state index in [0.29, 0.717) is 16.9 Å². The summed E-state index contributed by atoms with van der Waals surface area (Å²) in [7, 11) is 0. The van der Waals surface area contributed by atoms with E-state index in [0.717, 1.165) is 0 Å². The minimum atomic E-state index is -0.486. The van der Waals surface area contributed by atoms with Crippen molar-refractivity contribution in [2.24, 2.45) is 0 Å². The van der Waals surface area contributed by atoms with E-state index < -0.39 is 11.7 Å². The standard InChI is InChI=1S/C15H15ClFN3O2/c1-7(2)20-14-13(15(22)19-20)10(6-12(21)18-14)9-4-3-8(17)5-11(9)16/h3-5,7,10H,6H2,1-2H3,(H,18,21)(H,19,22)/t10-/m0/s1. The molecule has 22 heavy (non-hydrogen) atoms. The number of hydrogen-bond donors (Lipinski definition) is 2. The van der Waals surface area contributed by atoms with Crippen LogP contribution in [0.25, 0.3) is 0 Å². The molecular weight excluding hydrogens is 309 g/mol. The van der Waals surface area contributed by atoms with E-state index in [9.17, 15) is 14.0 Å². The molecule has 0 spiro atoms. The molecule has 1 atom stereocenters. The summed E-state index contributed by atoms with van der Waals surface area (Å²) < 4.78 is 14.9. The van der Waals surface area contributed by atoms with Gasteiger partial charge in [0.05, 0.1) is 5.56 Å². The third-order valence-electron chi connectivity index (χ3n) is 3.81. The van der Waals surface area contributed by atoms with Crippen LogP contribution in [-0.2, 0) is 4.79 Å². The summed E-state index contributed by atoms with van der Waals surface area (Å²) in [5, 5.41) is 5.68. The van der Waals surface area contributed by atoms with E-state index in [2.05, 4.69) is 10.4 Å².